The topological polar surface area (TPSA) is 44.7 Å². The first kappa shape index (κ1) is 14.1. The zero-order valence-corrected chi connectivity index (χ0v) is 12.1. The predicted molar refractivity (Wildman–Crippen MR) is 81.2 cm³/mol. The highest BCUT2D eigenvalue weighted by atomic mass is 16.1. The van der Waals surface area contributed by atoms with E-state index < -0.39 is 0 Å². The summed E-state index contributed by atoms with van der Waals surface area (Å²) in [5.74, 6) is 1.03. The van der Waals surface area contributed by atoms with Crippen molar-refractivity contribution in [2.24, 2.45) is 4.99 Å². The van der Waals surface area contributed by atoms with Gasteiger partial charge in [-0.3, -0.25) is 4.79 Å². The lowest BCUT2D eigenvalue weighted by molar-refractivity contribution is 0.0977. The summed E-state index contributed by atoms with van der Waals surface area (Å²) in [6, 6.07) is 9.37. The molecule has 0 saturated heterocycles. The van der Waals surface area contributed by atoms with Gasteiger partial charge in [-0.2, -0.15) is 0 Å². The maximum absolute atomic E-state index is 12.1. The Morgan fingerprint density at radius 3 is 2.55 bits per heavy atom. The molecule has 0 spiro atoms. The van der Waals surface area contributed by atoms with Crippen molar-refractivity contribution >= 4 is 11.7 Å². The van der Waals surface area contributed by atoms with E-state index in [4.69, 9.17) is 0 Å². The van der Waals surface area contributed by atoms with Crippen LogP contribution in [0.1, 0.15) is 31.1 Å². The highest BCUT2D eigenvalue weighted by molar-refractivity contribution is 6.12. The van der Waals surface area contributed by atoms with Gasteiger partial charge in [0.05, 0.1) is 0 Å². The molecule has 0 aliphatic carbocycles. The van der Waals surface area contributed by atoms with Gasteiger partial charge in [0.25, 0.3) is 5.91 Å². The molecule has 1 aromatic rings. The van der Waals surface area contributed by atoms with E-state index in [-0.39, 0.29) is 11.9 Å². The highest BCUT2D eigenvalue weighted by Crippen LogP contribution is 2.18. The Bertz CT molecular complexity index is 585. The van der Waals surface area contributed by atoms with Crippen LogP contribution in [0, 0.1) is 0 Å². The Labute approximate surface area is 119 Å². The molecule has 104 valence electrons. The average Bonchev–Trinajstić information content (AvgIpc) is 2.43. The normalized spacial score (nSPS) is 15.0. The number of nitrogens with one attached hydrogen (secondary N) is 1. The zero-order valence-electron chi connectivity index (χ0n) is 12.1. The van der Waals surface area contributed by atoms with Crippen molar-refractivity contribution in [2.45, 2.75) is 26.8 Å². The molecule has 0 aromatic heterocycles. The fourth-order valence-electron chi connectivity index (χ4n) is 1.96. The van der Waals surface area contributed by atoms with Crippen LogP contribution in [0.4, 0.5) is 0 Å². The summed E-state index contributed by atoms with van der Waals surface area (Å²) >= 11 is 0. The molecular weight excluding hydrogens is 250 g/mol. The van der Waals surface area contributed by atoms with Crippen LogP contribution in [-0.2, 0) is 0 Å². The van der Waals surface area contributed by atoms with Crippen molar-refractivity contribution in [2.75, 3.05) is 0 Å². The van der Waals surface area contributed by atoms with Gasteiger partial charge >= 0.3 is 0 Å². The van der Waals surface area contributed by atoms with E-state index in [0.717, 1.165) is 5.57 Å². The molecule has 1 aliphatic rings. The largest absolute Gasteiger partial charge is 0.331 e. The molecule has 1 heterocycles. The summed E-state index contributed by atoms with van der Waals surface area (Å²) < 4.78 is 0. The van der Waals surface area contributed by atoms with E-state index in [1.807, 2.05) is 36.2 Å². The van der Waals surface area contributed by atoms with Crippen molar-refractivity contribution in [1.82, 2.24) is 10.2 Å². The quantitative estimate of drug-likeness (QED) is 0.897. The lowest BCUT2D eigenvalue weighted by atomic mass is 10.2. The fourth-order valence-corrected chi connectivity index (χ4v) is 1.96. The van der Waals surface area contributed by atoms with E-state index >= 15 is 0 Å². The van der Waals surface area contributed by atoms with Crippen LogP contribution in [-0.4, -0.2) is 22.7 Å². The second kappa shape index (κ2) is 5.74. The van der Waals surface area contributed by atoms with Gasteiger partial charge < -0.3 is 10.2 Å². The predicted octanol–water partition coefficient (Wildman–Crippen LogP) is 2.91. The van der Waals surface area contributed by atoms with E-state index in [9.17, 15) is 4.79 Å². The Hall–Kier alpha value is -2.36. The SMILES string of the molecule is C=C1N=C(NC(=O)c2ccccc2)C(C)=CN1C(C)C. The second-order valence-electron chi connectivity index (χ2n) is 5.01. The number of amides is 1. The number of amidine groups is 1. The minimum atomic E-state index is -0.164. The van der Waals surface area contributed by atoms with Crippen molar-refractivity contribution < 1.29 is 4.79 Å². The first-order chi connectivity index (χ1) is 9.49. The molecule has 4 heteroatoms. The van der Waals surface area contributed by atoms with Crippen LogP contribution >= 0.6 is 0 Å². The molecule has 0 unspecified atom stereocenters. The smallest absolute Gasteiger partial charge is 0.256 e. The second-order valence-corrected chi connectivity index (χ2v) is 5.01. The first-order valence-electron chi connectivity index (χ1n) is 6.60. The number of aliphatic imine (C=N–C) groups is 1. The monoisotopic (exact) mass is 269 g/mol. The van der Waals surface area contributed by atoms with Crippen LogP contribution in [0.25, 0.3) is 0 Å². The van der Waals surface area contributed by atoms with E-state index in [0.29, 0.717) is 17.2 Å². The molecular formula is C16H19N3O. The third-order valence-electron chi connectivity index (χ3n) is 3.07. The molecule has 1 aliphatic heterocycles. The maximum Gasteiger partial charge on any atom is 0.256 e. The van der Waals surface area contributed by atoms with Gasteiger partial charge in [-0.25, -0.2) is 4.99 Å². The van der Waals surface area contributed by atoms with Crippen LogP contribution in [0.2, 0.25) is 0 Å². The molecule has 0 saturated carbocycles. The number of hydrogen-bond acceptors (Lipinski definition) is 3. The van der Waals surface area contributed by atoms with E-state index in [1.165, 1.54) is 0 Å². The van der Waals surface area contributed by atoms with Crippen LogP contribution in [0.3, 0.4) is 0 Å². The van der Waals surface area contributed by atoms with Crippen molar-refractivity contribution in [3.8, 4) is 0 Å². The molecule has 1 amide bonds. The van der Waals surface area contributed by atoms with Gasteiger partial charge in [0.15, 0.2) is 0 Å². The molecule has 0 radical (unpaired) electrons. The molecule has 2 rings (SSSR count). The summed E-state index contributed by atoms with van der Waals surface area (Å²) in [5, 5.41) is 2.83. The number of benzene rings is 1. The summed E-state index contributed by atoms with van der Waals surface area (Å²) in [7, 11) is 0. The van der Waals surface area contributed by atoms with E-state index in [1.54, 1.807) is 12.1 Å². The fraction of sp³-hybridized carbons (Fsp3) is 0.250. The highest BCUT2D eigenvalue weighted by Gasteiger charge is 2.19. The molecule has 1 aromatic carbocycles. The molecule has 0 fully saturated rings. The number of carbonyl (C=O) groups excluding carboxylic acids is 1. The molecule has 0 bridgehead atoms. The van der Waals surface area contributed by atoms with Gasteiger partial charge in [0, 0.05) is 23.4 Å². The van der Waals surface area contributed by atoms with Gasteiger partial charge in [0.2, 0.25) is 0 Å². The minimum absolute atomic E-state index is 0.164. The van der Waals surface area contributed by atoms with Crippen molar-refractivity contribution in [1.29, 1.82) is 0 Å². The first-order valence-corrected chi connectivity index (χ1v) is 6.60. The lowest BCUT2D eigenvalue weighted by Crippen LogP contribution is -2.36. The Morgan fingerprint density at radius 2 is 1.95 bits per heavy atom. The van der Waals surface area contributed by atoms with Gasteiger partial charge in [-0.15, -0.1) is 0 Å². The standard InChI is InChI=1S/C16H19N3O/c1-11(2)19-10-12(3)15(17-13(19)4)18-16(20)14-8-6-5-7-9-14/h5-11H,4H2,1-3H3,(H,17,18,20). The zero-order chi connectivity index (χ0) is 14.7. The third-order valence-corrected chi connectivity index (χ3v) is 3.07. The third kappa shape index (κ3) is 2.96. The summed E-state index contributed by atoms with van der Waals surface area (Å²) in [4.78, 5) is 18.5. The van der Waals surface area contributed by atoms with Crippen molar-refractivity contribution in [3.05, 3.63) is 60.1 Å². The minimum Gasteiger partial charge on any atom is -0.331 e. The van der Waals surface area contributed by atoms with Crippen molar-refractivity contribution in [3.63, 3.8) is 0 Å². The lowest BCUT2D eigenvalue weighted by Gasteiger charge is -2.29. The number of nitrogens with zero attached hydrogens (tertiary/aromatic N) is 2. The van der Waals surface area contributed by atoms with Crippen LogP contribution in [0.15, 0.2) is 59.5 Å². The Kier molecular flexibility index (Phi) is 4.03. The number of rotatable bonds is 2. The van der Waals surface area contributed by atoms with Gasteiger partial charge in [0.1, 0.15) is 11.7 Å². The summed E-state index contributed by atoms with van der Waals surface area (Å²) in [6.07, 6.45) is 1.96. The maximum atomic E-state index is 12.1. The molecule has 0 atom stereocenters. The number of carbonyl (C=O) groups is 1. The molecule has 1 N–H and O–H groups in total. The molecule has 20 heavy (non-hydrogen) atoms. The molecule has 4 nitrogen and oxygen atoms in total. The van der Waals surface area contributed by atoms with Crippen LogP contribution in [0.5, 0.6) is 0 Å². The number of hydrogen-bond donors (Lipinski definition) is 1. The Morgan fingerprint density at radius 1 is 1.30 bits per heavy atom. The van der Waals surface area contributed by atoms with Gasteiger partial charge in [-0.1, -0.05) is 24.8 Å². The van der Waals surface area contributed by atoms with E-state index in [2.05, 4.69) is 30.7 Å². The average molecular weight is 269 g/mol. The summed E-state index contributed by atoms with van der Waals surface area (Å²) in [6.45, 7) is 9.98. The Balaban J connectivity index is 2.15. The van der Waals surface area contributed by atoms with Crippen LogP contribution < -0.4 is 5.32 Å². The summed E-state index contributed by atoms with van der Waals surface area (Å²) in [5.41, 5.74) is 1.52. The van der Waals surface area contributed by atoms with Gasteiger partial charge in [-0.05, 0) is 32.9 Å².